The van der Waals surface area contributed by atoms with Gasteiger partial charge in [-0.2, -0.15) is 13.2 Å². The number of nitrogens with one attached hydrogen (secondary N) is 1. The van der Waals surface area contributed by atoms with Crippen LogP contribution in [0, 0.1) is 0 Å². The molecule has 0 aliphatic heterocycles. The van der Waals surface area contributed by atoms with E-state index in [2.05, 4.69) is 37.3 Å². The van der Waals surface area contributed by atoms with Crippen molar-refractivity contribution in [3.05, 3.63) is 65.3 Å². The second-order valence-corrected chi connectivity index (χ2v) is 6.78. The average Bonchev–Trinajstić information content (AvgIpc) is 2.75. The number of unbranched alkanes of at least 4 members (excludes halogenated alkanes) is 1. The van der Waals surface area contributed by atoms with Gasteiger partial charge in [0.1, 0.15) is 12.4 Å². The van der Waals surface area contributed by atoms with Crippen molar-refractivity contribution in [1.29, 1.82) is 0 Å². The monoisotopic (exact) mass is 480 g/mol. The van der Waals surface area contributed by atoms with E-state index in [1.807, 2.05) is 19.2 Å². The molecule has 1 aromatic carbocycles. The number of hydrogen-bond donors (Lipinski definition) is 1. The molecule has 0 saturated carbocycles. The highest BCUT2D eigenvalue weighted by Gasteiger charge is 2.24. The number of para-hydroxylation sites is 1. The Morgan fingerprint density at radius 2 is 1.52 bits per heavy atom. The molecule has 0 spiro atoms. The van der Waals surface area contributed by atoms with Crippen molar-refractivity contribution in [3.8, 4) is 5.75 Å². The molecule has 1 heterocycles. The molecule has 176 valence electrons. The molecule has 0 amide bonds. The highest BCUT2D eigenvalue weighted by molar-refractivity contribution is 6.37. The fourth-order valence-corrected chi connectivity index (χ4v) is 2.34. The number of nitrogens with zero attached hydrogens (tertiary/aromatic N) is 1. The normalized spacial score (nSPS) is 9.71. The lowest BCUT2D eigenvalue weighted by molar-refractivity contribution is -0.134. The van der Waals surface area contributed by atoms with Crippen molar-refractivity contribution in [2.45, 2.75) is 59.2 Å². The second-order valence-electron chi connectivity index (χ2n) is 5.97. The molecule has 0 unspecified atom stereocenters. The lowest BCUT2D eigenvalue weighted by Gasteiger charge is -2.11. The molecule has 8 heteroatoms. The zero-order valence-electron chi connectivity index (χ0n) is 18.7. The van der Waals surface area contributed by atoms with Gasteiger partial charge in [0.25, 0.3) is 0 Å². The van der Waals surface area contributed by atoms with Gasteiger partial charge in [-0.3, -0.25) is 0 Å². The minimum atomic E-state index is -3.95. The van der Waals surface area contributed by atoms with Crippen LogP contribution in [0.4, 0.5) is 19.0 Å². The molecule has 3 nitrogen and oxygen atoms in total. The molecule has 1 N–H and O–H groups in total. The number of rotatable bonds is 6. The summed E-state index contributed by atoms with van der Waals surface area (Å²) in [6.07, 6.45) is -0.0664. The van der Waals surface area contributed by atoms with Crippen LogP contribution >= 0.6 is 23.2 Å². The van der Waals surface area contributed by atoms with Gasteiger partial charge in [-0.1, -0.05) is 68.9 Å². The van der Waals surface area contributed by atoms with Crippen LogP contribution in [0.25, 0.3) is 0 Å². The van der Waals surface area contributed by atoms with Crippen molar-refractivity contribution >= 4 is 29.0 Å². The molecule has 0 aliphatic carbocycles. The highest BCUT2D eigenvalue weighted by Crippen LogP contribution is 2.33. The van der Waals surface area contributed by atoms with E-state index < -0.39 is 12.6 Å². The minimum Gasteiger partial charge on any atom is -0.486 e. The van der Waals surface area contributed by atoms with E-state index >= 15 is 0 Å². The molecule has 2 rings (SSSR count). The van der Waals surface area contributed by atoms with Gasteiger partial charge in [-0.25, -0.2) is 4.98 Å². The van der Waals surface area contributed by atoms with Crippen molar-refractivity contribution < 1.29 is 17.9 Å². The highest BCUT2D eigenvalue weighted by atomic mass is 35.5. The number of benzene rings is 1. The number of hydrogen-bond acceptors (Lipinski definition) is 3. The van der Waals surface area contributed by atoms with Crippen LogP contribution in [0.15, 0.2) is 49.7 Å². The zero-order chi connectivity index (χ0) is 24.3. The van der Waals surface area contributed by atoms with Crippen molar-refractivity contribution in [2.75, 3.05) is 12.4 Å². The molecule has 0 fully saturated rings. The third-order valence-electron chi connectivity index (χ3n) is 3.45. The summed E-state index contributed by atoms with van der Waals surface area (Å²) >= 11 is 12.1. The van der Waals surface area contributed by atoms with Gasteiger partial charge in [-0.15, -0.1) is 13.2 Å². The van der Waals surface area contributed by atoms with Gasteiger partial charge >= 0.3 is 6.18 Å². The topological polar surface area (TPSA) is 34.2 Å². The van der Waals surface area contributed by atoms with Crippen molar-refractivity contribution in [2.24, 2.45) is 0 Å². The second kappa shape index (κ2) is 18.8. The van der Waals surface area contributed by atoms with Crippen LogP contribution in [-0.4, -0.2) is 18.2 Å². The van der Waals surface area contributed by atoms with Gasteiger partial charge in [0, 0.05) is 25.2 Å². The van der Waals surface area contributed by atoms with Gasteiger partial charge in [0.05, 0.1) is 10.0 Å². The molecule has 0 bridgehead atoms. The predicted molar refractivity (Wildman–Crippen MR) is 127 cm³/mol. The Balaban J connectivity index is 0. The summed E-state index contributed by atoms with van der Waals surface area (Å²) in [7, 11) is 1.81. The van der Waals surface area contributed by atoms with Crippen molar-refractivity contribution in [1.82, 2.24) is 4.98 Å². The first-order chi connectivity index (χ1) is 14.7. The Kier molecular flexibility index (Phi) is 19.0. The van der Waals surface area contributed by atoms with Crippen LogP contribution in [0.5, 0.6) is 5.75 Å². The van der Waals surface area contributed by atoms with Gasteiger partial charge in [0.15, 0.2) is 5.75 Å². The smallest absolute Gasteiger partial charge is 0.389 e. The number of ether oxygens (including phenoxy) is 1. The average molecular weight is 481 g/mol. The maximum Gasteiger partial charge on any atom is 0.389 e. The van der Waals surface area contributed by atoms with E-state index in [0.29, 0.717) is 22.4 Å². The summed E-state index contributed by atoms with van der Waals surface area (Å²) in [5, 5.41) is 4.00. The zero-order valence-corrected chi connectivity index (χ0v) is 20.2. The third kappa shape index (κ3) is 15.5. The molecule has 2 aromatic rings. The Labute approximate surface area is 194 Å². The number of anilines is 1. The Morgan fingerprint density at radius 1 is 0.968 bits per heavy atom. The summed E-state index contributed by atoms with van der Waals surface area (Å²) in [6.45, 7) is 12.2. The number of aromatic nitrogens is 1. The van der Waals surface area contributed by atoms with Crippen molar-refractivity contribution in [3.63, 3.8) is 0 Å². The van der Waals surface area contributed by atoms with Gasteiger partial charge < -0.3 is 10.1 Å². The third-order valence-corrected chi connectivity index (χ3v) is 4.05. The van der Waals surface area contributed by atoms with Crippen LogP contribution in [0.2, 0.25) is 10.0 Å². The summed E-state index contributed by atoms with van der Waals surface area (Å²) in [6, 6.07) is 9.05. The molecule has 1 aromatic heterocycles. The summed E-state index contributed by atoms with van der Waals surface area (Å²) < 4.78 is 38.8. The first-order valence-corrected chi connectivity index (χ1v) is 10.7. The van der Waals surface area contributed by atoms with E-state index in [1.165, 1.54) is 19.8 Å². The Bertz CT molecular complexity index is 691. The molecular weight excluding hydrogens is 448 g/mol. The fraction of sp³-hybridized carbons (Fsp3) is 0.435. The van der Waals surface area contributed by atoms with Crippen LogP contribution < -0.4 is 10.1 Å². The van der Waals surface area contributed by atoms with Gasteiger partial charge in [-0.05, 0) is 24.6 Å². The number of halogens is 5. The fourth-order valence-electron chi connectivity index (χ4n) is 1.83. The van der Waals surface area contributed by atoms with E-state index in [4.69, 9.17) is 27.9 Å². The first kappa shape index (κ1) is 31.3. The van der Waals surface area contributed by atoms with E-state index in [-0.39, 0.29) is 6.42 Å². The van der Waals surface area contributed by atoms with Crippen LogP contribution in [-0.2, 0) is 6.61 Å². The molecule has 0 atom stereocenters. The van der Waals surface area contributed by atoms with Crippen LogP contribution in [0.3, 0.4) is 0 Å². The maximum absolute atomic E-state index is 11.1. The SMILES string of the molecule is C=C.CCCC.CCCC(F)(F)F.CNc1ncccc1COc1c(Cl)cccc1Cl. The number of alkyl halides is 3. The van der Waals surface area contributed by atoms with E-state index in [0.717, 1.165) is 11.4 Å². The lowest BCUT2D eigenvalue weighted by Crippen LogP contribution is -2.04. The van der Waals surface area contributed by atoms with E-state index in [1.54, 1.807) is 24.4 Å². The van der Waals surface area contributed by atoms with E-state index in [9.17, 15) is 13.2 Å². The molecule has 0 saturated heterocycles. The summed E-state index contributed by atoms with van der Waals surface area (Å²) in [5.41, 5.74) is 0.941. The standard InChI is InChI=1S/C13H12Cl2N2O.C4H7F3.C4H10.C2H4/c1-16-13-9(4-3-7-17-13)8-18-12-10(14)5-2-6-11(12)15;1-2-3-4(5,6)7;1-3-4-2;1-2/h2-7H,8H2,1H3,(H,16,17);2-3H2,1H3;3-4H2,1-2H3;1-2H2. The maximum atomic E-state index is 11.1. The molecule has 0 radical (unpaired) electrons. The van der Waals surface area contributed by atoms with Crippen LogP contribution in [0.1, 0.15) is 52.0 Å². The first-order valence-electron chi connectivity index (χ1n) is 9.95. The largest absolute Gasteiger partial charge is 0.486 e. The molecule has 31 heavy (non-hydrogen) atoms. The van der Waals surface area contributed by atoms with Gasteiger partial charge in [0.2, 0.25) is 0 Å². The summed E-state index contributed by atoms with van der Waals surface area (Å²) in [5.74, 6) is 1.27. The lowest BCUT2D eigenvalue weighted by atomic mass is 10.2. The molecule has 0 aliphatic rings. The molecular formula is C23H33Cl2F3N2O. The summed E-state index contributed by atoms with van der Waals surface area (Å²) in [4.78, 5) is 4.20. The Morgan fingerprint density at radius 3 is 1.90 bits per heavy atom. The minimum absolute atomic E-state index is 0.184. The quantitative estimate of drug-likeness (QED) is 0.418. The Hall–Kier alpha value is -1.92. The number of pyridine rings is 1. The predicted octanol–water partition coefficient (Wildman–Crippen LogP) is 8.97.